The van der Waals surface area contributed by atoms with Gasteiger partial charge in [-0.05, 0) is 37.1 Å². The highest BCUT2D eigenvalue weighted by atomic mass is 35.5. The van der Waals surface area contributed by atoms with Crippen molar-refractivity contribution in [3.63, 3.8) is 0 Å². The van der Waals surface area contributed by atoms with Crippen LogP contribution < -0.4 is 0 Å². The van der Waals surface area contributed by atoms with Crippen molar-refractivity contribution in [2.75, 3.05) is 5.88 Å². The van der Waals surface area contributed by atoms with Crippen LogP contribution in [0, 0.1) is 13.8 Å². The van der Waals surface area contributed by atoms with Gasteiger partial charge in [0.25, 0.3) is 0 Å². The SMILES string of the molecule is Cc1cc(Cl)cc(C(=O)CCl)c1C. The first-order valence-electron chi connectivity index (χ1n) is 3.92. The van der Waals surface area contributed by atoms with E-state index in [1.807, 2.05) is 19.9 Å². The molecule has 0 aliphatic carbocycles. The third-order valence-corrected chi connectivity index (χ3v) is 2.51. The highest BCUT2D eigenvalue weighted by Crippen LogP contribution is 2.20. The van der Waals surface area contributed by atoms with Gasteiger partial charge in [-0.2, -0.15) is 0 Å². The van der Waals surface area contributed by atoms with E-state index in [1.54, 1.807) is 6.07 Å². The Labute approximate surface area is 87.7 Å². The molecule has 0 saturated heterocycles. The molecule has 0 unspecified atom stereocenters. The third kappa shape index (κ3) is 2.23. The molecule has 0 amide bonds. The van der Waals surface area contributed by atoms with E-state index in [2.05, 4.69) is 0 Å². The zero-order valence-electron chi connectivity index (χ0n) is 7.53. The number of Topliss-reactive ketones (excluding diaryl/α,β-unsaturated/α-hetero) is 1. The Morgan fingerprint density at radius 2 is 2.00 bits per heavy atom. The van der Waals surface area contributed by atoms with Gasteiger partial charge in [-0.25, -0.2) is 0 Å². The summed E-state index contributed by atoms with van der Waals surface area (Å²) in [4.78, 5) is 11.3. The van der Waals surface area contributed by atoms with Crippen molar-refractivity contribution in [2.45, 2.75) is 13.8 Å². The molecule has 1 aromatic carbocycles. The molecule has 0 heterocycles. The Bertz CT molecular complexity index is 345. The number of carbonyl (C=O) groups excluding carboxylic acids is 1. The molecule has 0 atom stereocenters. The smallest absolute Gasteiger partial charge is 0.177 e. The quantitative estimate of drug-likeness (QED) is 0.548. The summed E-state index contributed by atoms with van der Waals surface area (Å²) in [5.74, 6) is -0.0783. The fourth-order valence-electron chi connectivity index (χ4n) is 1.18. The van der Waals surface area contributed by atoms with Gasteiger partial charge in [-0.15, -0.1) is 11.6 Å². The molecule has 0 aliphatic rings. The monoisotopic (exact) mass is 216 g/mol. The Morgan fingerprint density at radius 1 is 1.38 bits per heavy atom. The molecule has 0 fully saturated rings. The van der Waals surface area contributed by atoms with Crippen molar-refractivity contribution in [3.8, 4) is 0 Å². The Balaban J connectivity index is 3.28. The normalized spacial score (nSPS) is 10.2. The summed E-state index contributed by atoms with van der Waals surface area (Å²) in [5, 5.41) is 0.580. The average Bonchev–Trinajstić information content (AvgIpc) is 2.10. The van der Waals surface area contributed by atoms with E-state index >= 15 is 0 Å². The predicted molar refractivity (Wildman–Crippen MR) is 56.0 cm³/mol. The summed E-state index contributed by atoms with van der Waals surface area (Å²) in [6.07, 6.45) is 0. The van der Waals surface area contributed by atoms with E-state index in [0.29, 0.717) is 10.6 Å². The number of carbonyl (C=O) groups is 1. The number of alkyl halides is 1. The molecule has 1 aromatic rings. The van der Waals surface area contributed by atoms with Crippen molar-refractivity contribution >= 4 is 29.0 Å². The van der Waals surface area contributed by atoms with Crippen molar-refractivity contribution in [1.82, 2.24) is 0 Å². The van der Waals surface area contributed by atoms with E-state index in [0.717, 1.165) is 11.1 Å². The lowest BCUT2D eigenvalue weighted by atomic mass is 10.0. The van der Waals surface area contributed by atoms with Gasteiger partial charge in [-0.1, -0.05) is 11.6 Å². The molecule has 0 saturated carbocycles. The van der Waals surface area contributed by atoms with Gasteiger partial charge in [0.15, 0.2) is 5.78 Å². The van der Waals surface area contributed by atoms with Crippen molar-refractivity contribution in [1.29, 1.82) is 0 Å². The molecular formula is C10H10Cl2O. The summed E-state index contributed by atoms with van der Waals surface area (Å²) in [6, 6.07) is 3.50. The zero-order chi connectivity index (χ0) is 10.0. The van der Waals surface area contributed by atoms with E-state index in [9.17, 15) is 4.79 Å². The molecule has 70 valence electrons. The first-order valence-corrected chi connectivity index (χ1v) is 4.83. The van der Waals surface area contributed by atoms with Crippen molar-refractivity contribution in [2.24, 2.45) is 0 Å². The number of ketones is 1. The number of benzene rings is 1. The molecule has 1 rings (SSSR count). The van der Waals surface area contributed by atoms with Crippen LogP contribution in [0.15, 0.2) is 12.1 Å². The number of halogens is 2. The van der Waals surface area contributed by atoms with Crippen LogP contribution in [-0.2, 0) is 0 Å². The minimum absolute atomic E-state index is 0.000617. The molecule has 0 bridgehead atoms. The molecule has 0 spiro atoms. The molecule has 0 radical (unpaired) electrons. The number of hydrogen-bond acceptors (Lipinski definition) is 1. The highest BCUT2D eigenvalue weighted by molar-refractivity contribution is 6.33. The second kappa shape index (κ2) is 4.12. The summed E-state index contributed by atoms with van der Waals surface area (Å²) in [5.41, 5.74) is 2.59. The first-order chi connectivity index (χ1) is 6.06. The second-order valence-electron chi connectivity index (χ2n) is 2.95. The van der Waals surface area contributed by atoms with Gasteiger partial charge >= 0.3 is 0 Å². The number of hydrogen-bond donors (Lipinski definition) is 0. The summed E-state index contributed by atoms with van der Waals surface area (Å²) >= 11 is 11.3. The Kier molecular flexibility index (Phi) is 3.34. The van der Waals surface area contributed by atoms with E-state index in [4.69, 9.17) is 23.2 Å². The van der Waals surface area contributed by atoms with E-state index in [-0.39, 0.29) is 11.7 Å². The minimum atomic E-state index is -0.0789. The van der Waals surface area contributed by atoms with Gasteiger partial charge in [0.2, 0.25) is 0 Å². The summed E-state index contributed by atoms with van der Waals surface area (Å²) < 4.78 is 0. The maximum Gasteiger partial charge on any atom is 0.177 e. The summed E-state index contributed by atoms with van der Waals surface area (Å²) in [7, 11) is 0. The molecule has 3 heteroatoms. The van der Waals surface area contributed by atoms with Crippen LogP contribution in [0.25, 0.3) is 0 Å². The molecule has 0 N–H and O–H groups in total. The van der Waals surface area contributed by atoms with E-state index < -0.39 is 0 Å². The van der Waals surface area contributed by atoms with Gasteiger partial charge in [0.05, 0.1) is 5.88 Å². The second-order valence-corrected chi connectivity index (χ2v) is 3.66. The fourth-order valence-corrected chi connectivity index (χ4v) is 1.59. The fraction of sp³-hybridized carbons (Fsp3) is 0.300. The first kappa shape index (κ1) is 10.6. The van der Waals surface area contributed by atoms with Crippen LogP contribution in [0.5, 0.6) is 0 Å². The maximum absolute atomic E-state index is 11.3. The zero-order valence-corrected chi connectivity index (χ0v) is 9.04. The lowest BCUT2D eigenvalue weighted by Crippen LogP contribution is -2.04. The van der Waals surface area contributed by atoms with Crippen LogP contribution in [0.3, 0.4) is 0 Å². The highest BCUT2D eigenvalue weighted by Gasteiger charge is 2.10. The van der Waals surface area contributed by atoms with Crippen LogP contribution in [0.1, 0.15) is 21.5 Å². The Morgan fingerprint density at radius 3 is 2.54 bits per heavy atom. The standard InChI is InChI=1S/C10H10Cl2O/c1-6-3-8(12)4-9(7(6)2)10(13)5-11/h3-4H,5H2,1-2H3. The van der Waals surface area contributed by atoms with Crippen molar-refractivity contribution in [3.05, 3.63) is 33.8 Å². The minimum Gasteiger partial charge on any atom is -0.293 e. The predicted octanol–water partition coefficient (Wildman–Crippen LogP) is 3.38. The van der Waals surface area contributed by atoms with E-state index in [1.165, 1.54) is 0 Å². The lowest BCUT2D eigenvalue weighted by Gasteiger charge is -2.06. The molecule has 0 aromatic heterocycles. The van der Waals surface area contributed by atoms with Gasteiger partial charge in [0.1, 0.15) is 0 Å². The van der Waals surface area contributed by atoms with Crippen LogP contribution in [-0.4, -0.2) is 11.7 Å². The molecule has 13 heavy (non-hydrogen) atoms. The number of aryl methyl sites for hydroxylation is 1. The van der Waals surface area contributed by atoms with Crippen LogP contribution >= 0.6 is 23.2 Å². The molecule has 0 aliphatic heterocycles. The van der Waals surface area contributed by atoms with Crippen LogP contribution in [0.4, 0.5) is 0 Å². The van der Waals surface area contributed by atoms with Crippen LogP contribution in [0.2, 0.25) is 5.02 Å². The topological polar surface area (TPSA) is 17.1 Å². The largest absolute Gasteiger partial charge is 0.293 e. The lowest BCUT2D eigenvalue weighted by molar-refractivity contribution is 0.102. The summed E-state index contributed by atoms with van der Waals surface area (Å²) in [6.45, 7) is 3.82. The molecular weight excluding hydrogens is 207 g/mol. The van der Waals surface area contributed by atoms with Gasteiger partial charge in [-0.3, -0.25) is 4.79 Å². The van der Waals surface area contributed by atoms with Crippen molar-refractivity contribution < 1.29 is 4.79 Å². The third-order valence-electron chi connectivity index (χ3n) is 2.05. The molecule has 1 nitrogen and oxygen atoms in total. The van der Waals surface area contributed by atoms with Gasteiger partial charge < -0.3 is 0 Å². The Hall–Kier alpha value is -0.530. The van der Waals surface area contributed by atoms with Gasteiger partial charge in [0, 0.05) is 10.6 Å². The average molecular weight is 217 g/mol. The number of rotatable bonds is 2. The maximum atomic E-state index is 11.3.